The maximum atomic E-state index is 13.3. The summed E-state index contributed by atoms with van der Waals surface area (Å²) in [5.41, 5.74) is 1.95. The lowest BCUT2D eigenvalue weighted by atomic mass is 10.1. The summed E-state index contributed by atoms with van der Waals surface area (Å²) >= 11 is 0. The predicted molar refractivity (Wildman–Crippen MR) is 140 cm³/mol. The van der Waals surface area contributed by atoms with Crippen LogP contribution in [0.5, 0.6) is 5.75 Å². The molecule has 37 heavy (non-hydrogen) atoms. The van der Waals surface area contributed by atoms with Gasteiger partial charge in [0.25, 0.3) is 0 Å². The first kappa shape index (κ1) is 25.9. The van der Waals surface area contributed by atoms with Crippen LogP contribution in [-0.4, -0.2) is 81.7 Å². The van der Waals surface area contributed by atoms with Crippen LogP contribution in [0.1, 0.15) is 24.6 Å². The average Bonchev–Trinajstić information content (AvgIpc) is 3.45. The van der Waals surface area contributed by atoms with Crippen molar-refractivity contribution >= 4 is 17.8 Å². The largest absolute Gasteiger partial charge is 0.492 e. The molecule has 0 spiro atoms. The summed E-state index contributed by atoms with van der Waals surface area (Å²) in [7, 11) is 0. The average molecular weight is 507 g/mol. The molecule has 2 aromatic heterocycles. The van der Waals surface area contributed by atoms with Gasteiger partial charge >= 0.3 is 6.03 Å². The molecule has 196 valence electrons. The first-order valence-electron chi connectivity index (χ1n) is 12.5. The van der Waals surface area contributed by atoms with Crippen molar-refractivity contribution in [1.82, 2.24) is 35.1 Å². The Kier molecular flexibility index (Phi) is 8.55. The highest BCUT2D eigenvalue weighted by Gasteiger charge is 2.36. The highest BCUT2D eigenvalue weighted by molar-refractivity contribution is 5.88. The van der Waals surface area contributed by atoms with Crippen molar-refractivity contribution in [3.05, 3.63) is 60.3 Å². The normalized spacial score (nSPS) is 15.4. The van der Waals surface area contributed by atoms with E-state index in [2.05, 4.69) is 20.6 Å². The van der Waals surface area contributed by atoms with E-state index in [1.165, 1.54) is 0 Å². The molecule has 1 aromatic carbocycles. The summed E-state index contributed by atoms with van der Waals surface area (Å²) in [5, 5.41) is 5.83. The van der Waals surface area contributed by atoms with Crippen LogP contribution in [0, 0.1) is 13.8 Å². The zero-order valence-corrected chi connectivity index (χ0v) is 21.6. The molecule has 3 aromatic rings. The lowest BCUT2D eigenvalue weighted by Crippen LogP contribution is -2.62. The molecule has 0 bridgehead atoms. The van der Waals surface area contributed by atoms with E-state index in [-0.39, 0.29) is 11.9 Å². The summed E-state index contributed by atoms with van der Waals surface area (Å²) < 4.78 is 7.48. The van der Waals surface area contributed by atoms with Gasteiger partial charge in [0.15, 0.2) is 0 Å². The first-order chi connectivity index (χ1) is 17.9. The number of carbonyl (C=O) groups excluding carboxylic acids is 2. The minimum Gasteiger partial charge on any atom is -0.492 e. The number of ether oxygens (including phenoxy) is 1. The summed E-state index contributed by atoms with van der Waals surface area (Å²) in [6.45, 7) is 8.35. The molecule has 1 fully saturated rings. The molecule has 2 N–H and O–H groups in total. The topological polar surface area (TPSA) is 118 Å². The second-order valence-electron chi connectivity index (χ2n) is 8.98. The molecule has 11 heteroatoms. The highest BCUT2D eigenvalue weighted by atomic mass is 16.5. The molecule has 0 saturated carbocycles. The van der Waals surface area contributed by atoms with Crippen LogP contribution < -0.4 is 20.3 Å². The Labute approximate surface area is 216 Å². The summed E-state index contributed by atoms with van der Waals surface area (Å²) in [6.07, 6.45) is 5.91. The van der Waals surface area contributed by atoms with Gasteiger partial charge in [0.05, 0.1) is 6.54 Å². The fourth-order valence-corrected chi connectivity index (χ4v) is 4.08. The number of rotatable bonds is 9. The monoisotopic (exact) mass is 506 g/mol. The summed E-state index contributed by atoms with van der Waals surface area (Å²) in [4.78, 5) is 43.0. The number of amides is 3. The zero-order chi connectivity index (χ0) is 26.2. The fraction of sp³-hybridized carbons (Fsp3) is 0.423. The Morgan fingerprint density at radius 1 is 1.08 bits per heavy atom. The number of hydrogen-bond donors (Lipinski definition) is 2. The van der Waals surface area contributed by atoms with Gasteiger partial charge < -0.3 is 25.2 Å². The number of carbonyl (C=O) groups is 2. The maximum absolute atomic E-state index is 13.3. The molecular formula is C26H34N8O3. The Hall–Kier alpha value is -4.15. The molecule has 1 aliphatic heterocycles. The molecule has 0 radical (unpaired) electrons. The molecule has 3 heterocycles. The first-order valence-corrected chi connectivity index (χ1v) is 12.5. The van der Waals surface area contributed by atoms with Crippen LogP contribution in [0.2, 0.25) is 0 Å². The third kappa shape index (κ3) is 6.75. The smallest absolute Gasteiger partial charge is 0.318 e. The summed E-state index contributed by atoms with van der Waals surface area (Å²) in [6, 6.07) is 8.72. The number of nitrogens with one attached hydrogen (secondary N) is 2. The van der Waals surface area contributed by atoms with E-state index in [0.717, 1.165) is 23.4 Å². The van der Waals surface area contributed by atoms with Crippen LogP contribution in [0.15, 0.2) is 49.1 Å². The Bertz CT molecular complexity index is 1180. The van der Waals surface area contributed by atoms with E-state index in [0.29, 0.717) is 51.1 Å². The molecule has 1 saturated heterocycles. The van der Waals surface area contributed by atoms with Crippen LogP contribution in [0.3, 0.4) is 0 Å². The summed E-state index contributed by atoms with van der Waals surface area (Å²) in [5.74, 6) is 1.72. The lowest BCUT2D eigenvalue weighted by Gasteiger charge is -2.41. The van der Waals surface area contributed by atoms with Crippen molar-refractivity contribution in [2.75, 3.05) is 44.2 Å². The maximum Gasteiger partial charge on any atom is 0.318 e. The molecule has 1 unspecified atom stereocenters. The molecule has 0 aliphatic carbocycles. The van der Waals surface area contributed by atoms with Gasteiger partial charge in [0.1, 0.15) is 30.5 Å². The number of anilines is 1. The van der Waals surface area contributed by atoms with Gasteiger partial charge in [0, 0.05) is 50.3 Å². The number of urea groups is 1. The minimum atomic E-state index is -0.683. The third-order valence-corrected chi connectivity index (χ3v) is 6.05. The van der Waals surface area contributed by atoms with Gasteiger partial charge in [0.2, 0.25) is 11.9 Å². The minimum absolute atomic E-state index is 0.232. The van der Waals surface area contributed by atoms with Crippen molar-refractivity contribution < 1.29 is 14.3 Å². The molecular weight excluding hydrogens is 472 g/mol. The van der Waals surface area contributed by atoms with Gasteiger partial charge in [-0.3, -0.25) is 9.36 Å². The zero-order valence-electron chi connectivity index (χ0n) is 21.6. The fourth-order valence-electron chi connectivity index (χ4n) is 4.08. The Balaban J connectivity index is 1.45. The number of imidazole rings is 1. The number of nitrogens with zero attached hydrogens (tertiary/aromatic N) is 6. The van der Waals surface area contributed by atoms with E-state index in [4.69, 9.17) is 9.72 Å². The van der Waals surface area contributed by atoms with Gasteiger partial charge in [-0.15, -0.1) is 0 Å². The number of benzene rings is 1. The van der Waals surface area contributed by atoms with Gasteiger partial charge in [-0.2, -0.15) is 4.98 Å². The van der Waals surface area contributed by atoms with E-state index in [9.17, 15) is 9.59 Å². The molecule has 4 rings (SSSR count). The van der Waals surface area contributed by atoms with Crippen molar-refractivity contribution in [1.29, 1.82) is 0 Å². The number of aromatic nitrogens is 4. The van der Waals surface area contributed by atoms with Crippen molar-refractivity contribution in [2.24, 2.45) is 0 Å². The Morgan fingerprint density at radius 2 is 1.89 bits per heavy atom. The van der Waals surface area contributed by atoms with Crippen molar-refractivity contribution in [3.8, 4) is 11.7 Å². The van der Waals surface area contributed by atoms with Crippen LogP contribution in [0.4, 0.5) is 10.6 Å². The number of aryl methyl sites for hydroxylation is 2. The second kappa shape index (κ2) is 12.2. The van der Waals surface area contributed by atoms with Crippen LogP contribution in [-0.2, 0) is 4.79 Å². The van der Waals surface area contributed by atoms with Gasteiger partial charge in [-0.05, 0) is 32.4 Å². The van der Waals surface area contributed by atoms with Crippen molar-refractivity contribution in [2.45, 2.75) is 33.2 Å². The Morgan fingerprint density at radius 3 is 2.62 bits per heavy atom. The van der Waals surface area contributed by atoms with Gasteiger partial charge in [-0.25, -0.2) is 14.8 Å². The molecule has 1 atom stereocenters. The highest BCUT2D eigenvalue weighted by Crippen LogP contribution is 2.20. The van der Waals surface area contributed by atoms with Gasteiger partial charge in [-0.1, -0.05) is 24.6 Å². The van der Waals surface area contributed by atoms with Crippen LogP contribution in [0.25, 0.3) is 5.95 Å². The molecule has 3 amide bonds. The van der Waals surface area contributed by atoms with E-state index in [1.807, 2.05) is 56.0 Å². The SMILES string of the molecule is CCCNC(=O)N1CCN(c2cc(C)nc(-n3ccnc3)n2)CC1C(=O)NCCOc1ccc(C)cc1. The predicted octanol–water partition coefficient (Wildman–Crippen LogP) is 2.08. The lowest BCUT2D eigenvalue weighted by molar-refractivity contribution is -0.125. The number of hydrogen-bond acceptors (Lipinski definition) is 7. The van der Waals surface area contributed by atoms with Crippen molar-refractivity contribution in [3.63, 3.8) is 0 Å². The van der Waals surface area contributed by atoms with E-state index < -0.39 is 6.04 Å². The second-order valence-corrected chi connectivity index (χ2v) is 8.98. The number of piperazine rings is 1. The van der Waals surface area contributed by atoms with Crippen LogP contribution >= 0.6 is 0 Å². The standard InChI is InChI=1S/C26H34N8O3/c1-4-9-29-26(36)34-14-13-32(23-16-20(3)30-25(31-23)33-12-10-27-18-33)17-22(34)24(35)28-11-15-37-21-7-5-19(2)6-8-21/h5-8,10,12,16,18,22H,4,9,11,13-15,17H2,1-3H3,(H,28,35)(H,29,36). The van der Waals surface area contributed by atoms with E-state index >= 15 is 0 Å². The molecule has 1 aliphatic rings. The quantitative estimate of drug-likeness (QED) is 0.427. The third-order valence-electron chi connectivity index (χ3n) is 6.05. The van der Waals surface area contributed by atoms with E-state index in [1.54, 1.807) is 28.2 Å². The molecule has 11 nitrogen and oxygen atoms in total.